The predicted octanol–water partition coefficient (Wildman–Crippen LogP) is 1.25. The van der Waals surface area contributed by atoms with Gasteiger partial charge in [0.2, 0.25) is 0 Å². The van der Waals surface area contributed by atoms with E-state index in [2.05, 4.69) is 39.1 Å². The van der Waals surface area contributed by atoms with Crippen LogP contribution in [0.15, 0.2) is 6.20 Å². The van der Waals surface area contributed by atoms with Crippen LogP contribution < -0.4 is 5.32 Å². The number of rotatable bonds is 5. The van der Waals surface area contributed by atoms with E-state index in [1.54, 1.807) is 10.9 Å². The Morgan fingerprint density at radius 2 is 2.00 bits per heavy atom. The average Bonchev–Trinajstić information content (AvgIpc) is 2.77. The van der Waals surface area contributed by atoms with Crippen molar-refractivity contribution in [2.24, 2.45) is 7.05 Å². The minimum atomic E-state index is 0.767. The van der Waals surface area contributed by atoms with Gasteiger partial charge in [-0.2, -0.15) is 5.10 Å². The summed E-state index contributed by atoms with van der Waals surface area (Å²) in [7, 11) is 3.77. The van der Waals surface area contributed by atoms with Crippen LogP contribution in [0.25, 0.3) is 11.0 Å². The molecular weight excluding hydrogens is 228 g/mol. The van der Waals surface area contributed by atoms with E-state index in [0.717, 1.165) is 42.3 Å². The lowest BCUT2D eigenvalue weighted by molar-refractivity contribution is 0.288. The quantitative estimate of drug-likeness (QED) is 0.863. The maximum absolute atomic E-state index is 4.59. The second-order valence-corrected chi connectivity index (χ2v) is 4.21. The molecule has 0 spiro atoms. The average molecular weight is 248 g/mol. The van der Waals surface area contributed by atoms with Gasteiger partial charge in [-0.1, -0.05) is 13.8 Å². The number of aryl methyl sites for hydroxylation is 1. The molecule has 18 heavy (non-hydrogen) atoms. The van der Waals surface area contributed by atoms with Gasteiger partial charge in [0.1, 0.15) is 11.6 Å². The fraction of sp³-hybridized carbons (Fsp3) is 0.583. The van der Waals surface area contributed by atoms with E-state index in [9.17, 15) is 0 Å². The zero-order chi connectivity index (χ0) is 13.1. The van der Waals surface area contributed by atoms with E-state index < -0.39 is 0 Å². The molecule has 2 aromatic rings. The molecule has 2 heterocycles. The molecule has 0 bridgehead atoms. The Kier molecular flexibility index (Phi) is 3.76. The second-order valence-electron chi connectivity index (χ2n) is 4.21. The number of nitrogens with one attached hydrogen (secondary N) is 1. The summed E-state index contributed by atoms with van der Waals surface area (Å²) in [5.74, 6) is 1.68. The first-order valence-electron chi connectivity index (χ1n) is 6.28. The minimum absolute atomic E-state index is 0.767. The summed E-state index contributed by atoms with van der Waals surface area (Å²) in [4.78, 5) is 11.4. The third-order valence-corrected chi connectivity index (χ3v) is 3.13. The number of fused-ring (bicyclic) bond motifs is 1. The van der Waals surface area contributed by atoms with Crippen LogP contribution in [0.5, 0.6) is 0 Å². The molecule has 1 N–H and O–H groups in total. The number of hydrogen-bond donors (Lipinski definition) is 1. The first-order chi connectivity index (χ1) is 8.69. The highest BCUT2D eigenvalue weighted by molar-refractivity contribution is 5.86. The van der Waals surface area contributed by atoms with Crippen molar-refractivity contribution in [3.63, 3.8) is 0 Å². The van der Waals surface area contributed by atoms with Gasteiger partial charge >= 0.3 is 0 Å². The summed E-state index contributed by atoms with van der Waals surface area (Å²) < 4.78 is 1.78. The summed E-state index contributed by atoms with van der Waals surface area (Å²) in [5.41, 5.74) is 0.872. The van der Waals surface area contributed by atoms with E-state index in [1.165, 1.54) is 0 Å². The van der Waals surface area contributed by atoms with Gasteiger partial charge in [-0.25, -0.2) is 9.97 Å². The first kappa shape index (κ1) is 12.8. The number of hydrogen-bond acceptors (Lipinski definition) is 5. The Morgan fingerprint density at radius 1 is 1.28 bits per heavy atom. The van der Waals surface area contributed by atoms with Gasteiger partial charge in [0, 0.05) is 14.1 Å². The van der Waals surface area contributed by atoms with Gasteiger partial charge < -0.3 is 5.32 Å². The predicted molar refractivity (Wildman–Crippen MR) is 72.5 cm³/mol. The van der Waals surface area contributed by atoms with E-state index in [1.807, 2.05) is 14.1 Å². The smallest absolute Gasteiger partial charge is 0.163 e. The Labute approximate surface area is 107 Å². The highest BCUT2D eigenvalue weighted by Gasteiger charge is 2.11. The third-order valence-electron chi connectivity index (χ3n) is 3.13. The number of nitrogens with zero attached hydrogens (tertiary/aromatic N) is 5. The van der Waals surface area contributed by atoms with Crippen molar-refractivity contribution in [1.82, 2.24) is 24.6 Å². The molecule has 0 amide bonds. The monoisotopic (exact) mass is 248 g/mol. The Morgan fingerprint density at radius 3 is 2.61 bits per heavy atom. The maximum atomic E-state index is 4.59. The number of anilines is 1. The molecule has 0 atom stereocenters. The lowest BCUT2D eigenvalue weighted by atomic mass is 10.3. The zero-order valence-corrected chi connectivity index (χ0v) is 11.4. The van der Waals surface area contributed by atoms with E-state index in [-0.39, 0.29) is 0 Å². The highest BCUT2D eigenvalue weighted by atomic mass is 15.3. The topological polar surface area (TPSA) is 58.9 Å². The van der Waals surface area contributed by atoms with Crippen molar-refractivity contribution in [2.45, 2.75) is 20.4 Å². The van der Waals surface area contributed by atoms with Gasteiger partial charge in [-0.3, -0.25) is 9.58 Å². The van der Waals surface area contributed by atoms with Gasteiger partial charge in [0.05, 0.1) is 18.1 Å². The Hall–Kier alpha value is -1.69. The molecule has 0 saturated heterocycles. The van der Waals surface area contributed by atoms with Crippen molar-refractivity contribution in [2.75, 3.05) is 25.5 Å². The largest absolute Gasteiger partial charge is 0.372 e. The molecule has 2 rings (SSSR count). The summed E-state index contributed by atoms with van der Waals surface area (Å²) in [6, 6.07) is 0. The molecule has 0 aromatic carbocycles. The minimum Gasteiger partial charge on any atom is -0.372 e. The van der Waals surface area contributed by atoms with Crippen LogP contribution in [0.2, 0.25) is 0 Å². The van der Waals surface area contributed by atoms with Crippen LogP contribution >= 0.6 is 0 Å². The van der Waals surface area contributed by atoms with E-state index in [0.29, 0.717) is 0 Å². The summed E-state index contributed by atoms with van der Waals surface area (Å²) in [5, 5.41) is 8.30. The highest BCUT2D eigenvalue weighted by Crippen LogP contribution is 2.19. The van der Waals surface area contributed by atoms with Crippen molar-refractivity contribution in [3.05, 3.63) is 12.0 Å². The fourth-order valence-electron chi connectivity index (χ4n) is 1.98. The fourth-order valence-corrected chi connectivity index (χ4v) is 1.98. The molecule has 0 aliphatic rings. The van der Waals surface area contributed by atoms with Crippen LogP contribution in [0.4, 0.5) is 5.82 Å². The van der Waals surface area contributed by atoms with Crippen molar-refractivity contribution >= 4 is 16.9 Å². The number of aromatic nitrogens is 4. The van der Waals surface area contributed by atoms with Gasteiger partial charge in [0.25, 0.3) is 0 Å². The molecule has 0 unspecified atom stereocenters. The Balaban J connectivity index is 2.42. The van der Waals surface area contributed by atoms with Crippen LogP contribution in [0.3, 0.4) is 0 Å². The standard InChI is InChI=1S/C12H20N6/c1-5-18(6-2)8-10-15-11(13-3)9-7-14-17(4)12(9)16-10/h7H,5-6,8H2,1-4H3,(H,13,15,16). The zero-order valence-electron chi connectivity index (χ0n) is 11.4. The van der Waals surface area contributed by atoms with Crippen LogP contribution in [0, 0.1) is 0 Å². The van der Waals surface area contributed by atoms with Gasteiger partial charge in [0.15, 0.2) is 5.65 Å². The van der Waals surface area contributed by atoms with E-state index >= 15 is 0 Å². The molecule has 98 valence electrons. The molecular formula is C12H20N6. The molecule has 6 heteroatoms. The van der Waals surface area contributed by atoms with Gasteiger partial charge in [-0.15, -0.1) is 0 Å². The van der Waals surface area contributed by atoms with E-state index in [4.69, 9.17) is 0 Å². The van der Waals surface area contributed by atoms with Crippen molar-refractivity contribution < 1.29 is 0 Å². The first-order valence-corrected chi connectivity index (χ1v) is 6.28. The van der Waals surface area contributed by atoms with Crippen molar-refractivity contribution in [3.8, 4) is 0 Å². The summed E-state index contributed by atoms with van der Waals surface area (Å²) >= 11 is 0. The summed E-state index contributed by atoms with van der Waals surface area (Å²) in [6.07, 6.45) is 1.79. The van der Waals surface area contributed by atoms with Crippen molar-refractivity contribution in [1.29, 1.82) is 0 Å². The summed E-state index contributed by atoms with van der Waals surface area (Å²) in [6.45, 7) is 7.05. The molecule has 2 aromatic heterocycles. The molecule has 0 radical (unpaired) electrons. The lowest BCUT2D eigenvalue weighted by Crippen LogP contribution is -2.23. The van der Waals surface area contributed by atoms with Crippen LogP contribution in [-0.2, 0) is 13.6 Å². The van der Waals surface area contributed by atoms with Crippen LogP contribution in [-0.4, -0.2) is 44.8 Å². The Bertz CT molecular complexity index is 529. The molecule has 0 saturated carbocycles. The third kappa shape index (κ3) is 2.28. The normalized spacial score (nSPS) is 11.4. The maximum Gasteiger partial charge on any atom is 0.163 e. The SMILES string of the molecule is CCN(CC)Cc1nc(NC)c2cnn(C)c2n1. The lowest BCUT2D eigenvalue weighted by Gasteiger charge is -2.17. The van der Waals surface area contributed by atoms with Crippen LogP contribution in [0.1, 0.15) is 19.7 Å². The molecule has 0 aliphatic carbocycles. The molecule has 0 aliphatic heterocycles. The second kappa shape index (κ2) is 5.30. The molecule has 0 fully saturated rings. The van der Waals surface area contributed by atoms with Gasteiger partial charge in [-0.05, 0) is 13.1 Å². The molecule has 6 nitrogen and oxygen atoms in total.